The summed E-state index contributed by atoms with van der Waals surface area (Å²) in [6, 6.07) is 3.45. The van der Waals surface area contributed by atoms with Crippen LogP contribution in [0.3, 0.4) is 0 Å². The van der Waals surface area contributed by atoms with Crippen LogP contribution < -0.4 is 16.2 Å². The summed E-state index contributed by atoms with van der Waals surface area (Å²) in [5.41, 5.74) is 12.8. The van der Waals surface area contributed by atoms with Crippen LogP contribution in [-0.4, -0.2) is 17.1 Å². The first-order valence-electron chi connectivity index (χ1n) is 6.23. The number of hydrogen-bond donors (Lipinski definition) is 2. The van der Waals surface area contributed by atoms with Crippen molar-refractivity contribution in [1.29, 1.82) is 0 Å². The van der Waals surface area contributed by atoms with Gasteiger partial charge in [0.1, 0.15) is 0 Å². The van der Waals surface area contributed by atoms with Crippen LogP contribution in [-0.2, 0) is 0 Å². The first-order chi connectivity index (χ1) is 10.1. The van der Waals surface area contributed by atoms with Crippen molar-refractivity contribution in [3.63, 3.8) is 0 Å². The Bertz CT molecular complexity index is 835. The largest absolute Gasteiger partial charge is 0.494 e. The molecule has 0 amide bonds. The van der Waals surface area contributed by atoms with E-state index in [0.29, 0.717) is 28.0 Å². The van der Waals surface area contributed by atoms with E-state index in [1.165, 1.54) is 25.7 Å². The Morgan fingerprint density at radius 3 is 2.67 bits per heavy atom. The Balaban J connectivity index is 2.36. The van der Waals surface area contributed by atoms with Crippen molar-refractivity contribution in [3.8, 4) is 16.9 Å². The predicted octanol–water partition coefficient (Wildman–Crippen LogP) is 2.61. The van der Waals surface area contributed by atoms with Crippen molar-refractivity contribution < 1.29 is 9.13 Å². The summed E-state index contributed by atoms with van der Waals surface area (Å²) in [4.78, 5) is 7.96. The van der Waals surface area contributed by atoms with E-state index in [1.54, 1.807) is 18.3 Å². The zero-order chi connectivity index (χ0) is 15.0. The van der Waals surface area contributed by atoms with Gasteiger partial charge in [-0.2, -0.15) is 0 Å². The highest BCUT2D eigenvalue weighted by Crippen LogP contribution is 2.39. The van der Waals surface area contributed by atoms with Crippen LogP contribution in [0.15, 0.2) is 36.9 Å². The Labute approximate surface area is 120 Å². The maximum absolute atomic E-state index is 14.6. The number of fused-ring (bicyclic) bond motifs is 1. The molecule has 4 N–H and O–H groups in total. The van der Waals surface area contributed by atoms with E-state index in [-0.39, 0.29) is 5.69 Å². The second-order valence-electron chi connectivity index (χ2n) is 4.56. The molecule has 0 fully saturated rings. The minimum absolute atomic E-state index is 0.0417. The number of nitrogens with zero attached hydrogens (tertiary/aromatic N) is 2. The van der Waals surface area contributed by atoms with Gasteiger partial charge in [-0.05, 0) is 17.5 Å². The smallest absolute Gasteiger partial charge is 0.154 e. The van der Waals surface area contributed by atoms with E-state index >= 15 is 0 Å². The number of ether oxygens (including phenoxy) is 1. The van der Waals surface area contributed by atoms with E-state index < -0.39 is 5.82 Å². The monoisotopic (exact) mass is 284 g/mol. The molecule has 3 aromatic rings. The van der Waals surface area contributed by atoms with Gasteiger partial charge in [0.05, 0.1) is 24.7 Å². The summed E-state index contributed by atoms with van der Waals surface area (Å²) in [7, 11) is 1.47. The van der Waals surface area contributed by atoms with Crippen molar-refractivity contribution >= 4 is 22.1 Å². The number of nitrogens with two attached hydrogens (primary N) is 2. The van der Waals surface area contributed by atoms with Gasteiger partial charge in [-0.1, -0.05) is 0 Å². The lowest BCUT2D eigenvalue weighted by Crippen LogP contribution is -2.00. The summed E-state index contributed by atoms with van der Waals surface area (Å²) in [6.45, 7) is 0. The Morgan fingerprint density at radius 1 is 1.10 bits per heavy atom. The third-order valence-corrected chi connectivity index (χ3v) is 3.34. The van der Waals surface area contributed by atoms with Gasteiger partial charge in [0, 0.05) is 35.1 Å². The summed E-state index contributed by atoms with van der Waals surface area (Å²) < 4.78 is 19.8. The number of benzene rings is 1. The van der Waals surface area contributed by atoms with Gasteiger partial charge >= 0.3 is 0 Å². The highest BCUT2D eigenvalue weighted by molar-refractivity contribution is 5.97. The van der Waals surface area contributed by atoms with Crippen LogP contribution in [0.25, 0.3) is 21.9 Å². The van der Waals surface area contributed by atoms with Crippen LogP contribution in [0.1, 0.15) is 0 Å². The second kappa shape index (κ2) is 4.90. The highest BCUT2D eigenvalue weighted by atomic mass is 19.1. The van der Waals surface area contributed by atoms with E-state index in [1.807, 2.05) is 0 Å². The fourth-order valence-corrected chi connectivity index (χ4v) is 2.32. The van der Waals surface area contributed by atoms with Crippen LogP contribution in [0.2, 0.25) is 0 Å². The van der Waals surface area contributed by atoms with Gasteiger partial charge in [0.25, 0.3) is 0 Å². The molecule has 5 nitrogen and oxygen atoms in total. The number of aromatic nitrogens is 2. The molecule has 21 heavy (non-hydrogen) atoms. The van der Waals surface area contributed by atoms with Crippen molar-refractivity contribution in [1.82, 2.24) is 9.97 Å². The lowest BCUT2D eigenvalue weighted by molar-refractivity contribution is 0.418. The van der Waals surface area contributed by atoms with E-state index in [9.17, 15) is 4.39 Å². The number of methoxy groups -OCH3 is 1. The maximum Gasteiger partial charge on any atom is 0.154 e. The lowest BCUT2D eigenvalue weighted by atomic mass is 10.00. The molecular weight excluding hydrogens is 271 g/mol. The standard InChI is InChI=1S/C15H13FN4O/c1-21-15-11(6-20-7-12(15)17)9-4-8-2-3-19-5-10(8)14(18)13(9)16/h2-7H,17-18H2,1H3. The Morgan fingerprint density at radius 2 is 1.90 bits per heavy atom. The number of anilines is 2. The molecule has 0 spiro atoms. The van der Waals surface area contributed by atoms with E-state index in [2.05, 4.69) is 9.97 Å². The molecule has 0 aliphatic rings. The molecule has 3 rings (SSSR count). The number of hydrogen-bond acceptors (Lipinski definition) is 5. The molecule has 2 aromatic heterocycles. The number of nitrogen functional groups attached to an aromatic ring is 2. The normalized spacial score (nSPS) is 10.8. The molecule has 106 valence electrons. The predicted molar refractivity (Wildman–Crippen MR) is 80.3 cm³/mol. The summed E-state index contributed by atoms with van der Waals surface area (Å²) in [6.07, 6.45) is 6.11. The zero-order valence-electron chi connectivity index (χ0n) is 11.3. The van der Waals surface area contributed by atoms with Crippen LogP contribution in [0.5, 0.6) is 5.75 Å². The van der Waals surface area contributed by atoms with Gasteiger partial charge in [-0.25, -0.2) is 4.39 Å². The first-order valence-corrected chi connectivity index (χ1v) is 6.23. The Kier molecular flexibility index (Phi) is 3.06. The molecule has 0 aliphatic heterocycles. The quantitative estimate of drug-likeness (QED) is 0.706. The molecule has 0 saturated heterocycles. The second-order valence-corrected chi connectivity index (χ2v) is 4.56. The van der Waals surface area contributed by atoms with Crippen LogP contribution in [0.4, 0.5) is 15.8 Å². The molecule has 2 heterocycles. The van der Waals surface area contributed by atoms with E-state index in [4.69, 9.17) is 16.2 Å². The van der Waals surface area contributed by atoms with Gasteiger partial charge in [0.2, 0.25) is 0 Å². The van der Waals surface area contributed by atoms with Gasteiger partial charge in [-0.3, -0.25) is 9.97 Å². The van der Waals surface area contributed by atoms with Crippen molar-refractivity contribution in [2.45, 2.75) is 0 Å². The minimum Gasteiger partial charge on any atom is -0.494 e. The minimum atomic E-state index is -0.541. The maximum atomic E-state index is 14.6. The fourth-order valence-electron chi connectivity index (χ4n) is 2.32. The van der Waals surface area contributed by atoms with Crippen molar-refractivity contribution in [2.75, 3.05) is 18.6 Å². The molecule has 0 saturated carbocycles. The fraction of sp³-hybridized carbons (Fsp3) is 0.0667. The van der Waals surface area contributed by atoms with Gasteiger partial charge in [-0.15, -0.1) is 0 Å². The van der Waals surface area contributed by atoms with Crippen molar-refractivity contribution in [2.24, 2.45) is 0 Å². The SMILES string of the molecule is COc1c(N)cncc1-c1cc2ccncc2c(N)c1F. The number of halogens is 1. The molecule has 0 aliphatic carbocycles. The number of rotatable bonds is 2. The molecule has 0 bridgehead atoms. The molecule has 0 unspecified atom stereocenters. The topological polar surface area (TPSA) is 87.0 Å². The van der Waals surface area contributed by atoms with Gasteiger partial charge in [0.15, 0.2) is 11.6 Å². The molecule has 0 radical (unpaired) electrons. The Hall–Kier alpha value is -2.89. The average molecular weight is 284 g/mol. The average Bonchev–Trinajstić information content (AvgIpc) is 2.50. The summed E-state index contributed by atoms with van der Waals surface area (Å²) >= 11 is 0. The summed E-state index contributed by atoms with van der Waals surface area (Å²) in [5, 5.41) is 1.35. The number of pyridine rings is 2. The zero-order valence-corrected chi connectivity index (χ0v) is 11.3. The highest BCUT2D eigenvalue weighted by Gasteiger charge is 2.17. The van der Waals surface area contributed by atoms with Crippen LogP contribution in [0, 0.1) is 5.82 Å². The van der Waals surface area contributed by atoms with Crippen molar-refractivity contribution in [3.05, 3.63) is 42.7 Å². The third-order valence-electron chi connectivity index (χ3n) is 3.34. The first kappa shape index (κ1) is 13.1. The lowest BCUT2D eigenvalue weighted by Gasteiger charge is -2.13. The van der Waals surface area contributed by atoms with Gasteiger partial charge < -0.3 is 16.2 Å². The third kappa shape index (κ3) is 2.01. The molecule has 6 heteroatoms. The molecule has 1 aromatic carbocycles. The summed E-state index contributed by atoms with van der Waals surface area (Å²) in [5.74, 6) is -0.169. The molecule has 0 atom stereocenters. The molecular formula is C15H13FN4O. The van der Waals surface area contributed by atoms with E-state index in [0.717, 1.165) is 5.39 Å². The van der Waals surface area contributed by atoms with Crippen LogP contribution >= 0.6 is 0 Å².